The molecule has 0 amide bonds. The lowest BCUT2D eigenvalue weighted by Gasteiger charge is -2.28. The highest BCUT2D eigenvalue weighted by Crippen LogP contribution is 2.15. The molecule has 0 radical (unpaired) electrons. The van der Waals surface area contributed by atoms with Crippen molar-refractivity contribution in [2.75, 3.05) is 32.0 Å². The first-order chi connectivity index (χ1) is 8.16. The van der Waals surface area contributed by atoms with Gasteiger partial charge in [0, 0.05) is 26.0 Å². The van der Waals surface area contributed by atoms with Gasteiger partial charge in [-0.05, 0) is 38.9 Å². The SMILES string of the molecule is CN1CCC(CNc2nccn(C)c2=O)CC1. The van der Waals surface area contributed by atoms with Crippen LogP contribution in [0, 0.1) is 5.92 Å². The van der Waals surface area contributed by atoms with Crippen LogP contribution in [-0.2, 0) is 7.05 Å². The van der Waals surface area contributed by atoms with Gasteiger partial charge in [0.15, 0.2) is 5.82 Å². The fourth-order valence-corrected chi connectivity index (χ4v) is 2.13. The summed E-state index contributed by atoms with van der Waals surface area (Å²) in [6.45, 7) is 3.14. The number of nitrogens with one attached hydrogen (secondary N) is 1. The van der Waals surface area contributed by atoms with Crippen LogP contribution in [0.3, 0.4) is 0 Å². The molecule has 0 aliphatic carbocycles. The maximum absolute atomic E-state index is 11.7. The van der Waals surface area contributed by atoms with Crippen LogP contribution < -0.4 is 10.9 Å². The molecule has 0 atom stereocenters. The van der Waals surface area contributed by atoms with Crippen LogP contribution in [0.25, 0.3) is 0 Å². The lowest BCUT2D eigenvalue weighted by Crippen LogP contribution is -2.34. The number of hydrogen-bond donors (Lipinski definition) is 1. The van der Waals surface area contributed by atoms with Gasteiger partial charge in [0.1, 0.15) is 0 Å². The van der Waals surface area contributed by atoms with Gasteiger partial charge in [-0.25, -0.2) is 4.98 Å². The standard InChI is InChI=1S/C12H20N4O/c1-15-6-3-10(4-7-15)9-14-11-12(17)16(2)8-5-13-11/h5,8,10H,3-4,6-7,9H2,1-2H3,(H,13,14). The topological polar surface area (TPSA) is 50.2 Å². The maximum atomic E-state index is 11.7. The zero-order chi connectivity index (χ0) is 12.3. The summed E-state index contributed by atoms with van der Waals surface area (Å²) in [5.74, 6) is 1.12. The monoisotopic (exact) mass is 236 g/mol. The number of aryl methyl sites for hydroxylation is 1. The Balaban J connectivity index is 1.90. The van der Waals surface area contributed by atoms with E-state index in [4.69, 9.17) is 0 Å². The van der Waals surface area contributed by atoms with E-state index in [9.17, 15) is 4.79 Å². The zero-order valence-electron chi connectivity index (χ0n) is 10.5. The Morgan fingerprint density at radius 1 is 1.41 bits per heavy atom. The molecule has 1 fully saturated rings. The normalized spacial score (nSPS) is 18.2. The van der Waals surface area contributed by atoms with Gasteiger partial charge in [0.05, 0.1) is 0 Å². The van der Waals surface area contributed by atoms with E-state index in [2.05, 4.69) is 22.2 Å². The summed E-state index contributed by atoms with van der Waals surface area (Å²) >= 11 is 0. The van der Waals surface area contributed by atoms with E-state index in [-0.39, 0.29) is 5.56 Å². The highest BCUT2D eigenvalue weighted by molar-refractivity contribution is 5.30. The van der Waals surface area contributed by atoms with Crippen LogP contribution in [0.2, 0.25) is 0 Å². The Hall–Kier alpha value is -1.36. The highest BCUT2D eigenvalue weighted by Gasteiger charge is 2.16. The molecule has 5 heteroatoms. The van der Waals surface area contributed by atoms with Gasteiger partial charge >= 0.3 is 0 Å². The molecule has 17 heavy (non-hydrogen) atoms. The molecule has 2 heterocycles. The van der Waals surface area contributed by atoms with Crippen molar-refractivity contribution < 1.29 is 0 Å². The maximum Gasteiger partial charge on any atom is 0.293 e. The third-order valence-corrected chi connectivity index (χ3v) is 3.41. The number of anilines is 1. The average molecular weight is 236 g/mol. The number of piperidine rings is 1. The van der Waals surface area contributed by atoms with Crippen LogP contribution in [0.15, 0.2) is 17.2 Å². The van der Waals surface area contributed by atoms with Crippen LogP contribution >= 0.6 is 0 Å². The molecule has 0 spiro atoms. The first-order valence-electron chi connectivity index (χ1n) is 6.11. The predicted molar refractivity (Wildman–Crippen MR) is 68.2 cm³/mol. The van der Waals surface area contributed by atoms with E-state index in [1.54, 1.807) is 24.0 Å². The average Bonchev–Trinajstić information content (AvgIpc) is 2.33. The van der Waals surface area contributed by atoms with E-state index in [0.717, 1.165) is 19.6 Å². The number of likely N-dealkylation sites (tertiary alicyclic amines) is 1. The molecular weight excluding hydrogens is 216 g/mol. The minimum absolute atomic E-state index is 0.0552. The van der Waals surface area contributed by atoms with Crippen molar-refractivity contribution in [2.24, 2.45) is 13.0 Å². The molecule has 1 aliphatic rings. The van der Waals surface area contributed by atoms with Gasteiger partial charge < -0.3 is 14.8 Å². The molecule has 0 unspecified atom stereocenters. The number of nitrogens with zero attached hydrogens (tertiary/aromatic N) is 3. The minimum atomic E-state index is -0.0552. The van der Waals surface area contributed by atoms with Crippen LogP contribution in [-0.4, -0.2) is 41.1 Å². The Morgan fingerprint density at radius 3 is 2.82 bits per heavy atom. The highest BCUT2D eigenvalue weighted by atomic mass is 16.1. The summed E-state index contributed by atoms with van der Waals surface area (Å²) in [6.07, 6.45) is 5.70. The largest absolute Gasteiger partial charge is 0.365 e. The molecule has 0 bridgehead atoms. The third-order valence-electron chi connectivity index (χ3n) is 3.41. The Morgan fingerprint density at radius 2 is 2.12 bits per heavy atom. The molecule has 1 aromatic heterocycles. The van der Waals surface area contributed by atoms with Gasteiger partial charge in [-0.2, -0.15) is 0 Å². The van der Waals surface area contributed by atoms with Gasteiger partial charge in [0.2, 0.25) is 0 Å². The lowest BCUT2D eigenvalue weighted by atomic mass is 9.97. The van der Waals surface area contributed by atoms with Crippen molar-refractivity contribution in [3.63, 3.8) is 0 Å². The van der Waals surface area contributed by atoms with Gasteiger partial charge in [-0.15, -0.1) is 0 Å². The number of aromatic nitrogens is 2. The van der Waals surface area contributed by atoms with Gasteiger partial charge in [0.25, 0.3) is 5.56 Å². The summed E-state index contributed by atoms with van der Waals surface area (Å²) in [5.41, 5.74) is -0.0552. The van der Waals surface area contributed by atoms with Crippen molar-refractivity contribution in [3.05, 3.63) is 22.7 Å². The van der Waals surface area contributed by atoms with Crippen LogP contribution in [0.1, 0.15) is 12.8 Å². The Labute approximate surface area is 101 Å². The molecule has 0 aromatic carbocycles. The molecular formula is C12H20N4O. The van der Waals surface area contributed by atoms with Crippen molar-refractivity contribution in [1.29, 1.82) is 0 Å². The minimum Gasteiger partial charge on any atom is -0.365 e. The van der Waals surface area contributed by atoms with E-state index >= 15 is 0 Å². The zero-order valence-corrected chi connectivity index (χ0v) is 10.5. The summed E-state index contributed by atoms with van der Waals surface area (Å²) in [7, 11) is 3.89. The molecule has 0 saturated carbocycles. The summed E-state index contributed by atoms with van der Waals surface area (Å²) in [5, 5.41) is 3.18. The number of rotatable bonds is 3. The van der Waals surface area contributed by atoms with E-state index < -0.39 is 0 Å². The van der Waals surface area contributed by atoms with Gasteiger partial charge in [-0.1, -0.05) is 0 Å². The molecule has 2 rings (SSSR count). The Kier molecular flexibility index (Phi) is 3.78. The van der Waals surface area contributed by atoms with Gasteiger partial charge in [-0.3, -0.25) is 4.79 Å². The van der Waals surface area contributed by atoms with Crippen LogP contribution in [0.5, 0.6) is 0 Å². The first kappa shape index (κ1) is 12.1. The van der Waals surface area contributed by atoms with Crippen molar-refractivity contribution in [1.82, 2.24) is 14.5 Å². The lowest BCUT2D eigenvalue weighted by molar-refractivity contribution is 0.226. The first-order valence-corrected chi connectivity index (χ1v) is 6.11. The second-order valence-corrected chi connectivity index (χ2v) is 4.82. The fraction of sp³-hybridized carbons (Fsp3) is 0.667. The van der Waals surface area contributed by atoms with Crippen molar-refractivity contribution in [2.45, 2.75) is 12.8 Å². The molecule has 1 aliphatic heterocycles. The molecule has 1 saturated heterocycles. The molecule has 94 valence electrons. The second kappa shape index (κ2) is 5.31. The summed E-state index contributed by atoms with van der Waals surface area (Å²) in [6, 6.07) is 0. The molecule has 5 nitrogen and oxygen atoms in total. The quantitative estimate of drug-likeness (QED) is 0.832. The van der Waals surface area contributed by atoms with Crippen LogP contribution in [0.4, 0.5) is 5.82 Å². The van der Waals surface area contributed by atoms with Crippen molar-refractivity contribution >= 4 is 5.82 Å². The molecule has 1 N–H and O–H groups in total. The smallest absolute Gasteiger partial charge is 0.293 e. The van der Waals surface area contributed by atoms with E-state index in [0.29, 0.717) is 11.7 Å². The van der Waals surface area contributed by atoms with E-state index in [1.807, 2.05) is 0 Å². The molecule has 1 aromatic rings. The third kappa shape index (κ3) is 3.06. The van der Waals surface area contributed by atoms with Crippen molar-refractivity contribution in [3.8, 4) is 0 Å². The summed E-state index contributed by atoms with van der Waals surface area (Å²) in [4.78, 5) is 18.2. The number of hydrogen-bond acceptors (Lipinski definition) is 4. The van der Waals surface area contributed by atoms with E-state index in [1.165, 1.54) is 12.8 Å². The fourth-order valence-electron chi connectivity index (χ4n) is 2.13. The predicted octanol–water partition coefficient (Wildman–Crippen LogP) is 0.534. The summed E-state index contributed by atoms with van der Waals surface area (Å²) < 4.78 is 1.55. The Bertz CT molecular complexity index is 421. The second-order valence-electron chi connectivity index (χ2n) is 4.82.